The molecule has 16 heavy (non-hydrogen) atoms. The van der Waals surface area contributed by atoms with Crippen molar-refractivity contribution in [1.82, 2.24) is 4.90 Å². The summed E-state index contributed by atoms with van der Waals surface area (Å²) in [6.45, 7) is 0.740. The highest BCUT2D eigenvalue weighted by Crippen LogP contribution is 2.28. The second-order valence-electron chi connectivity index (χ2n) is 4.78. The summed E-state index contributed by atoms with van der Waals surface area (Å²) in [4.78, 5) is 13.0. The number of carboxylic acids is 1. The Balaban J connectivity index is 2.03. The molecule has 1 saturated carbocycles. The highest BCUT2D eigenvalue weighted by Gasteiger charge is 2.41. The number of hydrogen-bond donors (Lipinski definition) is 2. The molecule has 0 aromatic rings. The number of rotatable bonds is 3. The first-order valence-electron chi connectivity index (χ1n) is 5.82. The Morgan fingerprint density at radius 2 is 2.06 bits per heavy atom. The summed E-state index contributed by atoms with van der Waals surface area (Å²) in [5.41, 5.74) is 0. The lowest BCUT2D eigenvalue weighted by molar-refractivity contribution is -0.143. The van der Waals surface area contributed by atoms with Crippen molar-refractivity contribution >= 4 is 5.97 Å². The molecule has 4 unspecified atom stereocenters. The third-order valence-corrected chi connectivity index (χ3v) is 3.86. The molecule has 0 radical (unpaired) electrons. The van der Waals surface area contributed by atoms with Crippen LogP contribution in [0.4, 0.5) is 0 Å². The number of ether oxygens (including phenoxy) is 1. The molecular formula is C11H19NO4. The van der Waals surface area contributed by atoms with Crippen LogP contribution in [0.1, 0.15) is 19.3 Å². The topological polar surface area (TPSA) is 70.0 Å². The van der Waals surface area contributed by atoms with Crippen molar-refractivity contribution in [1.29, 1.82) is 0 Å². The fourth-order valence-corrected chi connectivity index (χ4v) is 2.82. The molecule has 1 aliphatic heterocycles. The molecular weight excluding hydrogens is 210 g/mol. The zero-order valence-corrected chi connectivity index (χ0v) is 9.50. The number of aliphatic carboxylic acids is 1. The minimum absolute atomic E-state index is 0.0912. The van der Waals surface area contributed by atoms with E-state index in [1.54, 1.807) is 0 Å². The smallest absolute Gasteiger partial charge is 0.310 e. The Labute approximate surface area is 95.0 Å². The van der Waals surface area contributed by atoms with E-state index in [1.165, 1.54) is 0 Å². The number of nitrogens with zero attached hydrogens (tertiary/aromatic N) is 1. The Morgan fingerprint density at radius 1 is 1.31 bits per heavy atom. The number of aliphatic hydroxyl groups is 1. The fourth-order valence-electron chi connectivity index (χ4n) is 2.82. The van der Waals surface area contributed by atoms with Crippen LogP contribution < -0.4 is 0 Å². The molecule has 0 amide bonds. The molecule has 0 aromatic carbocycles. The van der Waals surface area contributed by atoms with Crippen molar-refractivity contribution in [2.45, 2.75) is 37.5 Å². The van der Waals surface area contributed by atoms with Crippen LogP contribution in [-0.4, -0.2) is 59.5 Å². The standard InChI is InChI=1S/C11H19NO4/c1-12(8-3-2-4-10(8)13)9-6-16-5-7(9)11(14)15/h7-10,13H,2-6H2,1H3,(H,14,15). The lowest BCUT2D eigenvalue weighted by atomic mass is 10.0. The summed E-state index contributed by atoms with van der Waals surface area (Å²) in [7, 11) is 1.90. The molecule has 5 nitrogen and oxygen atoms in total. The van der Waals surface area contributed by atoms with Gasteiger partial charge in [-0.15, -0.1) is 0 Å². The van der Waals surface area contributed by atoms with E-state index in [0.717, 1.165) is 19.3 Å². The van der Waals surface area contributed by atoms with E-state index in [1.807, 2.05) is 11.9 Å². The molecule has 1 heterocycles. The molecule has 2 fully saturated rings. The monoisotopic (exact) mass is 229 g/mol. The number of carbonyl (C=O) groups is 1. The van der Waals surface area contributed by atoms with Crippen LogP contribution in [0, 0.1) is 5.92 Å². The minimum atomic E-state index is -0.804. The van der Waals surface area contributed by atoms with Gasteiger partial charge in [0.1, 0.15) is 0 Å². The van der Waals surface area contributed by atoms with E-state index in [9.17, 15) is 9.90 Å². The Bertz CT molecular complexity index is 271. The van der Waals surface area contributed by atoms with E-state index < -0.39 is 11.9 Å². The molecule has 92 valence electrons. The second-order valence-corrected chi connectivity index (χ2v) is 4.78. The Morgan fingerprint density at radius 3 is 2.62 bits per heavy atom. The molecule has 2 aliphatic rings. The van der Waals surface area contributed by atoms with Crippen LogP contribution in [0.3, 0.4) is 0 Å². The zero-order chi connectivity index (χ0) is 11.7. The molecule has 1 saturated heterocycles. The number of carboxylic acid groups (broad SMARTS) is 1. The molecule has 0 bridgehead atoms. The molecule has 0 spiro atoms. The van der Waals surface area contributed by atoms with Gasteiger partial charge < -0.3 is 14.9 Å². The van der Waals surface area contributed by atoms with Gasteiger partial charge in [-0.3, -0.25) is 9.69 Å². The van der Waals surface area contributed by atoms with Gasteiger partial charge in [-0.25, -0.2) is 0 Å². The first-order chi connectivity index (χ1) is 7.61. The lowest BCUT2D eigenvalue weighted by Crippen LogP contribution is -2.48. The molecule has 2 N–H and O–H groups in total. The summed E-state index contributed by atoms with van der Waals surface area (Å²) in [6, 6.07) is -0.0104. The van der Waals surface area contributed by atoms with Gasteiger partial charge in [0.2, 0.25) is 0 Å². The summed E-state index contributed by atoms with van der Waals surface area (Å²) < 4.78 is 5.24. The molecule has 2 rings (SSSR count). The van der Waals surface area contributed by atoms with Crippen LogP contribution in [0.5, 0.6) is 0 Å². The van der Waals surface area contributed by atoms with Crippen LogP contribution in [0.15, 0.2) is 0 Å². The predicted octanol–water partition coefficient (Wildman–Crippen LogP) is -0.0688. The molecule has 5 heteroatoms. The first kappa shape index (κ1) is 11.8. The predicted molar refractivity (Wildman–Crippen MR) is 57.1 cm³/mol. The molecule has 4 atom stereocenters. The van der Waals surface area contributed by atoms with Crippen LogP contribution in [-0.2, 0) is 9.53 Å². The minimum Gasteiger partial charge on any atom is -0.481 e. The highest BCUT2D eigenvalue weighted by atomic mass is 16.5. The Hall–Kier alpha value is -0.650. The van der Waals surface area contributed by atoms with Crippen LogP contribution in [0.25, 0.3) is 0 Å². The van der Waals surface area contributed by atoms with Gasteiger partial charge in [0.05, 0.1) is 25.2 Å². The summed E-state index contributed by atoms with van der Waals surface area (Å²) in [6.07, 6.45) is 2.46. The van der Waals surface area contributed by atoms with Crippen LogP contribution in [0.2, 0.25) is 0 Å². The Kier molecular flexibility index (Phi) is 3.47. The normalized spacial score (nSPS) is 39.4. The van der Waals surface area contributed by atoms with Crippen molar-refractivity contribution < 1.29 is 19.7 Å². The maximum absolute atomic E-state index is 11.0. The SMILES string of the molecule is CN(C1CCCC1O)C1COCC1C(=O)O. The quantitative estimate of drug-likeness (QED) is 0.709. The largest absolute Gasteiger partial charge is 0.481 e. The summed E-state index contributed by atoms with van der Waals surface area (Å²) in [5.74, 6) is -1.26. The lowest BCUT2D eigenvalue weighted by Gasteiger charge is -2.33. The zero-order valence-electron chi connectivity index (χ0n) is 9.50. The van der Waals surface area contributed by atoms with E-state index in [4.69, 9.17) is 9.84 Å². The first-order valence-corrected chi connectivity index (χ1v) is 5.82. The van der Waals surface area contributed by atoms with E-state index >= 15 is 0 Å². The van der Waals surface area contributed by atoms with Gasteiger partial charge in [-0.2, -0.15) is 0 Å². The molecule has 1 aliphatic carbocycles. The van der Waals surface area contributed by atoms with Crippen molar-refractivity contribution in [3.63, 3.8) is 0 Å². The third kappa shape index (κ3) is 2.07. The van der Waals surface area contributed by atoms with E-state index in [-0.39, 0.29) is 24.8 Å². The van der Waals surface area contributed by atoms with Crippen molar-refractivity contribution in [3.8, 4) is 0 Å². The van der Waals surface area contributed by atoms with Crippen molar-refractivity contribution in [2.75, 3.05) is 20.3 Å². The number of hydrogen-bond acceptors (Lipinski definition) is 4. The van der Waals surface area contributed by atoms with E-state index in [0.29, 0.717) is 6.61 Å². The molecule has 0 aromatic heterocycles. The van der Waals surface area contributed by atoms with Gasteiger partial charge in [0, 0.05) is 12.1 Å². The highest BCUT2D eigenvalue weighted by molar-refractivity contribution is 5.71. The van der Waals surface area contributed by atoms with Gasteiger partial charge in [-0.05, 0) is 26.3 Å². The third-order valence-electron chi connectivity index (χ3n) is 3.86. The maximum atomic E-state index is 11.0. The second kappa shape index (κ2) is 4.69. The maximum Gasteiger partial charge on any atom is 0.310 e. The summed E-state index contributed by atoms with van der Waals surface area (Å²) in [5, 5.41) is 18.9. The van der Waals surface area contributed by atoms with Crippen LogP contribution >= 0.6 is 0 Å². The fraction of sp³-hybridized carbons (Fsp3) is 0.909. The van der Waals surface area contributed by atoms with Gasteiger partial charge in [0.15, 0.2) is 0 Å². The summed E-state index contributed by atoms with van der Waals surface area (Å²) >= 11 is 0. The average molecular weight is 229 g/mol. The van der Waals surface area contributed by atoms with Crippen molar-refractivity contribution in [3.05, 3.63) is 0 Å². The van der Waals surface area contributed by atoms with Gasteiger partial charge in [0.25, 0.3) is 0 Å². The van der Waals surface area contributed by atoms with Gasteiger partial charge >= 0.3 is 5.97 Å². The number of likely N-dealkylation sites (N-methyl/N-ethyl adjacent to an activating group) is 1. The van der Waals surface area contributed by atoms with E-state index in [2.05, 4.69) is 0 Å². The average Bonchev–Trinajstić information content (AvgIpc) is 2.84. The van der Waals surface area contributed by atoms with Gasteiger partial charge in [-0.1, -0.05) is 0 Å². The number of aliphatic hydroxyl groups excluding tert-OH is 1. The van der Waals surface area contributed by atoms with Crippen molar-refractivity contribution in [2.24, 2.45) is 5.92 Å².